The van der Waals surface area contributed by atoms with Gasteiger partial charge < -0.3 is 17.1 Å². The lowest BCUT2D eigenvalue weighted by Crippen LogP contribution is -2.57. The molecule has 0 aliphatic rings. The Bertz CT molecular complexity index is 640. The number of unbranched alkanes of at least 4 members (excludes halogenated alkanes) is 1. The van der Waals surface area contributed by atoms with Crippen molar-refractivity contribution in [2.75, 3.05) is 6.61 Å². The van der Waals surface area contributed by atoms with E-state index in [1.807, 2.05) is 33.1 Å². The molecule has 0 saturated carbocycles. The number of carbonyl (C=O) groups excluding carboxylic acids is 1. The predicted molar refractivity (Wildman–Crippen MR) is 138 cm³/mol. The van der Waals surface area contributed by atoms with Gasteiger partial charge in [-0.05, 0) is 77.3 Å². The highest BCUT2D eigenvalue weighted by Gasteiger charge is 2.46. The summed E-state index contributed by atoms with van der Waals surface area (Å²) in [5, 5.41) is 0. The number of rotatable bonds is 16. The van der Waals surface area contributed by atoms with Crippen LogP contribution in [0.25, 0.3) is 0 Å². The van der Waals surface area contributed by atoms with E-state index in [4.69, 9.17) is 17.1 Å². The van der Waals surface area contributed by atoms with Crippen molar-refractivity contribution in [2.24, 2.45) is 0 Å². The Balaban J connectivity index is 5.44. The second kappa shape index (κ2) is 13.2. The van der Waals surface area contributed by atoms with E-state index < -0.39 is 52.3 Å². The first-order valence-corrected chi connectivity index (χ1v) is 23.3. The fourth-order valence-electron chi connectivity index (χ4n) is 3.77. The lowest BCUT2D eigenvalue weighted by molar-refractivity contribution is -0.139. The third kappa shape index (κ3) is 16.1. The van der Waals surface area contributed by atoms with Crippen LogP contribution in [0.2, 0.25) is 64.0 Å². The first-order valence-electron chi connectivity index (χ1n) is 11.7. The minimum absolute atomic E-state index is 0.0420. The summed E-state index contributed by atoms with van der Waals surface area (Å²) in [6.07, 6.45) is -2.68. The quantitative estimate of drug-likeness (QED) is 0.0869. The molecule has 2 atom stereocenters. The molecule has 0 heterocycles. The minimum atomic E-state index is -4.19. The average Bonchev–Trinajstić information content (AvgIpc) is 2.58. The largest absolute Gasteiger partial charge is 0.462 e. The molecule has 0 saturated heterocycles. The Kier molecular flexibility index (Phi) is 13.1. The lowest BCUT2D eigenvalue weighted by atomic mass is 10.4. The molecular formula is C21H45F3O5Si4. The summed E-state index contributed by atoms with van der Waals surface area (Å²) in [7, 11) is -10.1. The molecule has 0 aromatic carbocycles. The summed E-state index contributed by atoms with van der Waals surface area (Å²) >= 11 is 0. The van der Waals surface area contributed by atoms with Gasteiger partial charge in [0.25, 0.3) is 0 Å². The molecule has 0 N–H and O–H groups in total. The summed E-state index contributed by atoms with van der Waals surface area (Å²) in [6.45, 7) is 21.4. The number of ether oxygens (including phenoxy) is 1. The van der Waals surface area contributed by atoms with Gasteiger partial charge in [0, 0.05) is 12.0 Å². The Hall–Kier alpha value is -0.252. The molecule has 0 bridgehead atoms. The van der Waals surface area contributed by atoms with E-state index in [2.05, 4.69) is 26.2 Å². The van der Waals surface area contributed by atoms with Crippen molar-refractivity contribution in [1.29, 1.82) is 0 Å². The number of hydrogen-bond acceptors (Lipinski definition) is 5. The van der Waals surface area contributed by atoms with Gasteiger partial charge in [-0.2, -0.15) is 13.2 Å². The van der Waals surface area contributed by atoms with Crippen LogP contribution in [-0.4, -0.2) is 52.5 Å². The van der Waals surface area contributed by atoms with E-state index in [9.17, 15) is 18.0 Å². The molecule has 0 fully saturated rings. The number of esters is 1. The van der Waals surface area contributed by atoms with Crippen LogP contribution in [0.5, 0.6) is 0 Å². The first kappa shape index (κ1) is 32.7. The topological polar surface area (TPSA) is 54.0 Å². The zero-order valence-corrected chi connectivity index (χ0v) is 26.0. The molecule has 0 spiro atoms. The highest BCUT2D eigenvalue weighted by Crippen LogP contribution is 2.34. The fraction of sp³-hybridized carbons (Fsp3) is 0.857. The second-order valence-corrected chi connectivity index (χ2v) is 26.8. The molecule has 196 valence electrons. The highest BCUT2D eigenvalue weighted by atomic mass is 28.5. The summed E-state index contributed by atoms with van der Waals surface area (Å²) in [5.41, 5.74) is 0.349. The first-order chi connectivity index (χ1) is 14.7. The van der Waals surface area contributed by atoms with Gasteiger partial charge in [-0.25, -0.2) is 4.79 Å². The Morgan fingerprint density at radius 1 is 0.879 bits per heavy atom. The summed E-state index contributed by atoms with van der Waals surface area (Å²) in [6, 6.07) is 1.33. The Labute approximate surface area is 203 Å². The SMILES string of the molecule is C=C(C)C(=O)OCCC[Si](C)(O[Si](C)(C)C)O[Si](C)(C)O[Si](C)(CCCC)CCC(F)(F)F. The van der Waals surface area contributed by atoms with Crippen LogP contribution in [0.15, 0.2) is 12.2 Å². The number of alkyl halides is 3. The number of hydrogen-bond donors (Lipinski definition) is 0. The Morgan fingerprint density at radius 3 is 1.91 bits per heavy atom. The molecule has 0 radical (unpaired) electrons. The van der Waals surface area contributed by atoms with Gasteiger partial charge in [-0.1, -0.05) is 26.3 Å². The third-order valence-corrected chi connectivity index (χ3v) is 20.6. The van der Waals surface area contributed by atoms with Crippen molar-refractivity contribution in [2.45, 2.75) is 110 Å². The normalized spacial score (nSPS) is 16.7. The molecule has 0 aliphatic carbocycles. The van der Waals surface area contributed by atoms with Crippen molar-refractivity contribution in [3.05, 3.63) is 12.2 Å². The van der Waals surface area contributed by atoms with Crippen molar-refractivity contribution in [1.82, 2.24) is 0 Å². The third-order valence-electron chi connectivity index (χ3n) is 4.83. The van der Waals surface area contributed by atoms with Crippen LogP contribution in [0.3, 0.4) is 0 Å². The van der Waals surface area contributed by atoms with E-state index in [0.717, 1.165) is 12.8 Å². The van der Waals surface area contributed by atoms with E-state index in [1.165, 1.54) is 0 Å². The van der Waals surface area contributed by atoms with Crippen molar-refractivity contribution < 1.29 is 35.0 Å². The highest BCUT2D eigenvalue weighted by molar-refractivity contribution is 6.89. The van der Waals surface area contributed by atoms with E-state index in [-0.39, 0.29) is 12.7 Å². The van der Waals surface area contributed by atoms with Gasteiger partial charge in [0.1, 0.15) is 0 Å². The maximum atomic E-state index is 13.0. The van der Waals surface area contributed by atoms with Crippen LogP contribution in [-0.2, 0) is 21.9 Å². The monoisotopic (exact) mass is 546 g/mol. The summed E-state index contributed by atoms with van der Waals surface area (Å²) < 4.78 is 63.8. The average molecular weight is 547 g/mol. The van der Waals surface area contributed by atoms with E-state index in [1.54, 1.807) is 6.92 Å². The van der Waals surface area contributed by atoms with Gasteiger partial charge in [-0.3, -0.25) is 0 Å². The Morgan fingerprint density at radius 2 is 1.45 bits per heavy atom. The molecule has 2 unspecified atom stereocenters. The molecule has 0 amide bonds. The number of halogens is 3. The van der Waals surface area contributed by atoms with Crippen molar-refractivity contribution >= 4 is 39.7 Å². The zero-order chi connectivity index (χ0) is 26.1. The molecule has 12 heteroatoms. The maximum absolute atomic E-state index is 13.0. The van der Waals surface area contributed by atoms with Crippen LogP contribution in [0.4, 0.5) is 13.2 Å². The molecule has 5 nitrogen and oxygen atoms in total. The standard InChI is InChI=1S/C21H45F3O5Si4/c1-11-12-16-32(9,18-14-21(22,23)24)28-31(7,8)29-33(10,27-30(4,5)6)17-13-15-26-20(25)19(2)3/h2,11-18H2,1,3-10H3. The van der Waals surface area contributed by atoms with Crippen molar-refractivity contribution in [3.63, 3.8) is 0 Å². The molecule has 33 heavy (non-hydrogen) atoms. The van der Waals surface area contributed by atoms with Gasteiger partial charge in [0.15, 0.2) is 16.6 Å². The second-order valence-electron chi connectivity index (χ2n) is 10.6. The smallest absolute Gasteiger partial charge is 0.388 e. The zero-order valence-electron chi connectivity index (χ0n) is 22.0. The maximum Gasteiger partial charge on any atom is 0.388 e. The minimum Gasteiger partial charge on any atom is -0.462 e. The van der Waals surface area contributed by atoms with E-state index in [0.29, 0.717) is 24.1 Å². The van der Waals surface area contributed by atoms with Gasteiger partial charge >= 0.3 is 29.3 Å². The molecule has 0 aromatic rings. The fourth-order valence-corrected chi connectivity index (χ4v) is 23.5. The van der Waals surface area contributed by atoms with Gasteiger partial charge in [0.05, 0.1) is 6.61 Å². The van der Waals surface area contributed by atoms with Crippen LogP contribution in [0.1, 0.15) is 39.5 Å². The summed E-state index contributed by atoms with van der Waals surface area (Å²) in [4.78, 5) is 11.6. The van der Waals surface area contributed by atoms with Crippen molar-refractivity contribution in [3.8, 4) is 0 Å². The van der Waals surface area contributed by atoms with Crippen LogP contribution < -0.4 is 0 Å². The predicted octanol–water partition coefficient (Wildman–Crippen LogP) is 7.48. The summed E-state index contributed by atoms with van der Waals surface area (Å²) in [5.74, 6) is -0.425. The van der Waals surface area contributed by atoms with Crippen LogP contribution >= 0.6 is 0 Å². The van der Waals surface area contributed by atoms with E-state index >= 15 is 0 Å². The molecule has 0 aliphatic heterocycles. The molecule has 0 aromatic heterocycles. The lowest BCUT2D eigenvalue weighted by Gasteiger charge is -2.43. The van der Waals surface area contributed by atoms with Gasteiger partial charge in [0.2, 0.25) is 0 Å². The molecular weight excluding hydrogens is 502 g/mol. The number of carbonyl (C=O) groups is 1. The molecule has 0 rings (SSSR count). The van der Waals surface area contributed by atoms with Crippen LogP contribution in [0, 0.1) is 0 Å². The van der Waals surface area contributed by atoms with Gasteiger partial charge in [-0.15, -0.1) is 0 Å².